The fraction of sp³-hybridized carbons (Fsp3) is 0.235. The minimum absolute atomic E-state index is 0.0270. The molecule has 0 aliphatic heterocycles. The largest absolute Gasteiger partial charge is 0.497 e. The van der Waals surface area contributed by atoms with E-state index in [9.17, 15) is 4.79 Å². The summed E-state index contributed by atoms with van der Waals surface area (Å²) in [5, 5.41) is 0.578. The fourth-order valence-electron chi connectivity index (χ4n) is 1.94. The molecule has 0 unspecified atom stereocenters. The normalized spacial score (nSPS) is 10.1. The molecule has 2 rings (SSSR count). The number of benzene rings is 2. The molecule has 0 radical (unpaired) electrons. The van der Waals surface area contributed by atoms with Crippen LogP contribution in [0.2, 0.25) is 5.02 Å². The smallest absolute Gasteiger partial charge is 0.260 e. The number of rotatable bonds is 6. The van der Waals surface area contributed by atoms with Crippen molar-refractivity contribution >= 4 is 17.5 Å². The maximum atomic E-state index is 12.1. The standard InChI is InChI=1S/C17H18ClNO3/c1-19(11-13-5-3-7-15(9-13)21-2)17(20)12-22-16-8-4-6-14(18)10-16/h3-10H,11-12H2,1-2H3. The highest BCUT2D eigenvalue weighted by Crippen LogP contribution is 2.17. The Labute approximate surface area is 135 Å². The molecular weight excluding hydrogens is 302 g/mol. The summed E-state index contributed by atoms with van der Waals surface area (Å²) in [4.78, 5) is 13.7. The van der Waals surface area contributed by atoms with E-state index in [1.54, 1.807) is 43.3 Å². The first kappa shape index (κ1) is 16.2. The predicted molar refractivity (Wildman–Crippen MR) is 86.4 cm³/mol. The molecule has 0 heterocycles. The number of carbonyl (C=O) groups excluding carboxylic acids is 1. The molecule has 2 aromatic rings. The van der Waals surface area contributed by atoms with Gasteiger partial charge in [-0.3, -0.25) is 4.79 Å². The van der Waals surface area contributed by atoms with Crippen LogP contribution in [-0.2, 0) is 11.3 Å². The van der Waals surface area contributed by atoms with E-state index in [1.807, 2.05) is 24.3 Å². The van der Waals surface area contributed by atoms with E-state index >= 15 is 0 Å². The molecule has 0 aliphatic carbocycles. The highest BCUT2D eigenvalue weighted by Gasteiger charge is 2.10. The number of nitrogens with zero attached hydrogens (tertiary/aromatic N) is 1. The number of hydrogen-bond donors (Lipinski definition) is 0. The topological polar surface area (TPSA) is 38.8 Å². The minimum atomic E-state index is -0.109. The first-order chi connectivity index (χ1) is 10.6. The Bertz CT molecular complexity index is 645. The highest BCUT2D eigenvalue weighted by molar-refractivity contribution is 6.30. The molecule has 5 heteroatoms. The maximum absolute atomic E-state index is 12.1. The second kappa shape index (κ2) is 7.71. The van der Waals surface area contributed by atoms with Crippen molar-refractivity contribution in [1.29, 1.82) is 0 Å². The Balaban J connectivity index is 1.89. The third-order valence-corrected chi connectivity index (χ3v) is 3.37. The molecule has 2 aromatic carbocycles. The van der Waals surface area contributed by atoms with Gasteiger partial charge < -0.3 is 14.4 Å². The molecule has 0 spiro atoms. The molecule has 0 N–H and O–H groups in total. The van der Waals surface area contributed by atoms with E-state index in [0.717, 1.165) is 11.3 Å². The molecule has 0 aliphatic rings. The Hall–Kier alpha value is -2.20. The molecule has 4 nitrogen and oxygen atoms in total. The summed E-state index contributed by atoms with van der Waals surface area (Å²) < 4.78 is 10.6. The lowest BCUT2D eigenvalue weighted by Gasteiger charge is -2.18. The van der Waals surface area contributed by atoms with E-state index in [-0.39, 0.29) is 12.5 Å². The summed E-state index contributed by atoms with van der Waals surface area (Å²) in [6.07, 6.45) is 0. The average Bonchev–Trinajstić information content (AvgIpc) is 2.52. The van der Waals surface area contributed by atoms with Crippen molar-refractivity contribution < 1.29 is 14.3 Å². The third kappa shape index (κ3) is 4.67. The number of halogens is 1. The zero-order chi connectivity index (χ0) is 15.9. The molecule has 0 bridgehead atoms. The number of ether oxygens (including phenoxy) is 2. The van der Waals surface area contributed by atoms with Crippen LogP contribution < -0.4 is 9.47 Å². The van der Waals surface area contributed by atoms with Gasteiger partial charge in [0.1, 0.15) is 11.5 Å². The van der Waals surface area contributed by atoms with Crippen LogP contribution in [0.3, 0.4) is 0 Å². The summed E-state index contributed by atoms with van der Waals surface area (Å²) in [7, 11) is 3.36. The molecule has 0 saturated heterocycles. The van der Waals surface area contributed by atoms with Crippen molar-refractivity contribution in [2.45, 2.75) is 6.54 Å². The molecule has 1 amide bonds. The quantitative estimate of drug-likeness (QED) is 0.819. The van der Waals surface area contributed by atoms with Crippen molar-refractivity contribution in [2.24, 2.45) is 0 Å². The number of methoxy groups -OCH3 is 1. The predicted octanol–water partition coefficient (Wildman–Crippen LogP) is 3.39. The first-order valence-electron chi connectivity index (χ1n) is 6.84. The molecule has 116 valence electrons. The van der Waals surface area contributed by atoms with Crippen molar-refractivity contribution in [3.63, 3.8) is 0 Å². The maximum Gasteiger partial charge on any atom is 0.260 e. The van der Waals surface area contributed by atoms with Crippen LogP contribution in [0.4, 0.5) is 0 Å². The number of amides is 1. The molecule has 22 heavy (non-hydrogen) atoms. The summed E-state index contributed by atoms with van der Waals surface area (Å²) in [5.74, 6) is 1.24. The Morgan fingerprint density at radius 1 is 1.14 bits per heavy atom. The third-order valence-electron chi connectivity index (χ3n) is 3.14. The van der Waals surface area contributed by atoms with Gasteiger partial charge in [0, 0.05) is 18.6 Å². The van der Waals surface area contributed by atoms with Gasteiger partial charge in [-0.05, 0) is 35.9 Å². The minimum Gasteiger partial charge on any atom is -0.497 e. The SMILES string of the molecule is COc1cccc(CN(C)C(=O)COc2cccc(Cl)c2)c1. The zero-order valence-corrected chi connectivity index (χ0v) is 13.3. The van der Waals surface area contributed by atoms with E-state index in [0.29, 0.717) is 17.3 Å². The van der Waals surface area contributed by atoms with Gasteiger partial charge in [0.2, 0.25) is 0 Å². The summed E-state index contributed by atoms with van der Waals surface area (Å²) >= 11 is 5.87. The van der Waals surface area contributed by atoms with Gasteiger partial charge >= 0.3 is 0 Å². The Kier molecular flexibility index (Phi) is 5.67. The van der Waals surface area contributed by atoms with Crippen LogP contribution in [0.15, 0.2) is 48.5 Å². The molecule has 0 fully saturated rings. The van der Waals surface area contributed by atoms with E-state index in [4.69, 9.17) is 21.1 Å². The van der Waals surface area contributed by atoms with Crippen LogP contribution in [-0.4, -0.2) is 31.6 Å². The molecule has 0 aromatic heterocycles. The van der Waals surface area contributed by atoms with Crippen LogP contribution >= 0.6 is 11.6 Å². The lowest BCUT2D eigenvalue weighted by molar-refractivity contribution is -0.132. The second-order valence-electron chi connectivity index (χ2n) is 4.85. The van der Waals surface area contributed by atoms with Crippen molar-refractivity contribution in [3.05, 3.63) is 59.1 Å². The fourth-order valence-corrected chi connectivity index (χ4v) is 2.13. The van der Waals surface area contributed by atoms with Crippen LogP contribution in [0.5, 0.6) is 11.5 Å². The van der Waals surface area contributed by atoms with Crippen LogP contribution in [0.25, 0.3) is 0 Å². The molecule has 0 saturated carbocycles. The second-order valence-corrected chi connectivity index (χ2v) is 5.28. The highest BCUT2D eigenvalue weighted by atomic mass is 35.5. The van der Waals surface area contributed by atoms with E-state index in [2.05, 4.69) is 0 Å². The van der Waals surface area contributed by atoms with E-state index < -0.39 is 0 Å². The van der Waals surface area contributed by atoms with Crippen molar-refractivity contribution in [2.75, 3.05) is 20.8 Å². The van der Waals surface area contributed by atoms with Crippen molar-refractivity contribution in [1.82, 2.24) is 4.90 Å². The number of likely N-dealkylation sites (N-methyl/N-ethyl adjacent to an activating group) is 1. The van der Waals surface area contributed by atoms with Gasteiger partial charge in [-0.15, -0.1) is 0 Å². The monoisotopic (exact) mass is 319 g/mol. The zero-order valence-electron chi connectivity index (χ0n) is 12.6. The van der Waals surface area contributed by atoms with Crippen LogP contribution in [0.1, 0.15) is 5.56 Å². The van der Waals surface area contributed by atoms with Gasteiger partial charge in [-0.1, -0.05) is 29.8 Å². The average molecular weight is 320 g/mol. The van der Waals surface area contributed by atoms with Crippen LogP contribution in [0, 0.1) is 0 Å². The lowest BCUT2D eigenvalue weighted by atomic mass is 10.2. The summed E-state index contributed by atoms with van der Waals surface area (Å²) in [6.45, 7) is 0.468. The number of carbonyl (C=O) groups is 1. The molecular formula is C17H18ClNO3. The molecule has 0 atom stereocenters. The van der Waals surface area contributed by atoms with Crippen molar-refractivity contribution in [3.8, 4) is 11.5 Å². The van der Waals surface area contributed by atoms with Gasteiger partial charge in [0.05, 0.1) is 7.11 Å². The lowest BCUT2D eigenvalue weighted by Crippen LogP contribution is -2.30. The van der Waals surface area contributed by atoms with E-state index in [1.165, 1.54) is 0 Å². The van der Waals surface area contributed by atoms with Gasteiger partial charge in [-0.25, -0.2) is 0 Å². The summed E-state index contributed by atoms with van der Waals surface area (Å²) in [5.41, 5.74) is 0.998. The van der Waals surface area contributed by atoms with Gasteiger partial charge in [0.15, 0.2) is 6.61 Å². The Morgan fingerprint density at radius 2 is 1.86 bits per heavy atom. The summed E-state index contributed by atoms with van der Waals surface area (Å²) in [6, 6.07) is 14.6. The first-order valence-corrected chi connectivity index (χ1v) is 7.21. The number of hydrogen-bond acceptors (Lipinski definition) is 3. The Morgan fingerprint density at radius 3 is 2.59 bits per heavy atom. The van der Waals surface area contributed by atoms with Gasteiger partial charge in [-0.2, -0.15) is 0 Å². The van der Waals surface area contributed by atoms with Gasteiger partial charge in [0.25, 0.3) is 5.91 Å².